The van der Waals surface area contributed by atoms with E-state index in [1.165, 1.54) is 6.42 Å². The van der Waals surface area contributed by atoms with Crippen molar-refractivity contribution in [2.24, 2.45) is 0 Å². The molecule has 0 amide bonds. The van der Waals surface area contributed by atoms with Crippen LogP contribution < -0.4 is 5.32 Å². The predicted octanol–water partition coefficient (Wildman–Crippen LogP) is 2.58. The molecule has 0 bridgehead atoms. The molecule has 1 fully saturated rings. The standard InChI is InChI=1S/C14H18N2O/c1-10-8-12(7-6-11(10)9-15)16-13-4-2-3-5-14(13)17/h6-8,13-14,16-17H,2-5H2,1H3. The van der Waals surface area contributed by atoms with Gasteiger partial charge in [-0.2, -0.15) is 5.26 Å². The number of nitrogens with one attached hydrogen (secondary N) is 1. The molecule has 3 nitrogen and oxygen atoms in total. The summed E-state index contributed by atoms with van der Waals surface area (Å²) in [6, 6.07) is 8.01. The Bertz CT molecular complexity index is 436. The van der Waals surface area contributed by atoms with Crippen molar-refractivity contribution < 1.29 is 5.11 Å². The Morgan fingerprint density at radius 3 is 2.76 bits per heavy atom. The molecule has 90 valence electrons. The number of rotatable bonds is 2. The number of anilines is 1. The van der Waals surface area contributed by atoms with Gasteiger partial charge in [0, 0.05) is 5.69 Å². The Morgan fingerprint density at radius 2 is 2.12 bits per heavy atom. The van der Waals surface area contributed by atoms with Crippen LogP contribution in [0, 0.1) is 18.3 Å². The van der Waals surface area contributed by atoms with Crippen LogP contribution in [0.5, 0.6) is 0 Å². The topological polar surface area (TPSA) is 56.0 Å². The van der Waals surface area contributed by atoms with Gasteiger partial charge in [-0.15, -0.1) is 0 Å². The van der Waals surface area contributed by atoms with Crippen molar-refractivity contribution in [3.63, 3.8) is 0 Å². The van der Waals surface area contributed by atoms with Crippen LogP contribution in [0.3, 0.4) is 0 Å². The number of hydrogen-bond acceptors (Lipinski definition) is 3. The summed E-state index contributed by atoms with van der Waals surface area (Å²) in [5, 5.41) is 22.1. The second-order valence-electron chi connectivity index (χ2n) is 4.74. The smallest absolute Gasteiger partial charge is 0.0994 e. The van der Waals surface area contributed by atoms with Crippen LogP contribution in [-0.2, 0) is 0 Å². The Hall–Kier alpha value is -1.53. The van der Waals surface area contributed by atoms with E-state index >= 15 is 0 Å². The first-order chi connectivity index (χ1) is 8.20. The van der Waals surface area contributed by atoms with Gasteiger partial charge in [0.05, 0.1) is 23.8 Å². The third kappa shape index (κ3) is 2.78. The van der Waals surface area contributed by atoms with Gasteiger partial charge >= 0.3 is 0 Å². The van der Waals surface area contributed by atoms with Crippen molar-refractivity contribution in [3.8, 4) is 6.07 Å². The van der Waals surface area contributed by atoms with Gasteiger partial charge in [-0.25, -0.2) is 0 Å². The summed E-state index contributed by atoms with van der Waals surface area (Å²) in [5.41, 5.74) is 2.68. The molecule has 2 rings (SSSR count). The average molecular weight is 230 g/mol. The first kappa shape index (κ1) is 11.9. The molecule has 0 spiro atoms. The Labute approximate surface area is 102 Å². The highest BCUT2D eigenvalue weighted by Crippen LogP contribution is 2.23. The average Bonchev–Trinajstić information content (AvgIpc) is 2.32. The highest BCUT2D eigenvalue weighted by Gasteiger charge is 2.22. The van der Waals surface area contributed by atoms with Gasteiger partial charge in [-0.05, 0) is 43.5 Å². The first-order valence-electron chi connectivity index (χ1n) is 6.16. The van der Waals surface area contributed by atoms with Crippen molar-refractivity contribution >= 4 is 5.69 Å². The molecule has 1 saturated carbocycles. The maximum absolute atomic E-state index is 9.89. The predicted molar refractivity (Wildman–Crippen MR) is 67.8 cm³/mol. The van der Waals surface area contributed by atoms with Crippen molar-refractivity contribution in [2.75, 3.05) is 5.32 Å². The summed E-state index contributed by atoms with van der Waals surface area (Å²) in [4.78, 5) is 0. The molecule has 1 aliphatic carbocycles. The maximum Gasteiger partial charge on any atom is 0.0994 e. The quantitative estimate of drug-likeness (QED) is 0.821. The number of aryl methyl sites for hydroxylation is 1. The zero-order chi connectivity index (χ0) is 12.3. The van der Waals surface area contributed by atoms with Crippen LogP contribution in [0.2, 0.25) is 0 Å². The lowest BCUT2D eigenvalue weighted by molar-refractivity contribution is 0.116. The summed E-state index contributed by atoms with van der Waals surface area (Å²) in [7, 11) is 0. The minimum absolute atomic E-state index is 0.149. The number of aliphatic hydroxyl groups excluding tert-OH is 1. The first-order valence-corrected chi connectivity index (χ1v) is 6.16. The van der Waals surface area contributed by atoms with E-state index in [-0.39, 0.29) is 12.1 Å². The Balaban J connectivity index is 2.08. The molecule has 1 aromatic rings. The Kier molecular flexibility index (Phi) is 3.65. The number of nitriles is 1. The van der Waals surface area contributed by atoms with Crippen molar-refractivity contribution in [1.82, 2.24) is 0 Å². The van der Waals surface area contributed by atoms with E-state index < -0.39 is 0 Å². The van der Waals surface area contributed by atoms with Gasteiger partial charge in [0.15, 0.2) is 0 Å². The summed E-state index contributed by atoms with van der Waals surface area (Å²) in [5.74, 6) is 0. The lowest BCUT2D eigenvalue weighted by Crippen LogP contribution is -2.36. The SMILES string of the molecule is Cc1cc(NC2CCCCC2O)ccc1C#N. The lowest BCUT2D eigenvalue weighted by Gasteiger charge is -2.29. The zero-order valence-electron chi connectivity index (χ0n) is 10.1. The molecule has 17 heavy (non-hydrogen) atoms. The van der Waals surface area contributed by atoms with E-state index in [2.05, 4.69) is 11.4 Å². The highest BCUT2D eigenvalue weighted by atomic mass is 16.3. The molecule has 3 heteroatoms. The van der Waals surface area contributed by atoms with Gasteiger partial charge in [0.1, 0.15) is 0 Å². The van der Waals surface area contributed by atoms with Crippen molar-refractivity contribution in [2.45, 2.75) is 44.8 Å². The molecule has 2 N–H and O–H groups in total. The van der Waals surface area contributed by atoms with E-state index in [9.17, 15) is 5.11 Å². The van der Waals surface area contributed by atoms with E-state index in [0.29, 0.717) is 5.56 Å². The summed E-state index contributed by atoms with van der Waals surface area (Å²) in [6.45, 7) is 1.93. The molecular formula is C14H18N2O. The van der Waals surface area contributed by atoms with Crippen LogP contribution in [0.15, 0.2) is 18.2 Å². The van der Waals surface area contributed by atoms with E-state index in [4.69, 9.17) is 5.26 Å². The molecule has 0 heterocycles. The summed E-state index contributed by atoms with van der Waals surface area (Å²) < 4.78 is 0. The van der Waals surface area contributed by atoms with Crippen LogP contribution in [0.4, 0.5) is 5.69 Å². The molecule has 2 atom stereocenters. The van der Waals surface area contributed by atoms with Gasteiger partial charge in [0.25, 0.3) is 0 Å². The number of nitrogens with zero attached hydrogens (tertiary/aromatic N) is 1. The monoisotopic (exact) mass is 230 g/mol. The van der Waals surface area contributed by atoms with Crippen LogP contribution >= 0.6 is 0 Å². The zero-order valence-corrected chi connectivity index (χ0v) is 10.1. The number of benzene rings is 1. The fourth-order valence-corrected chi connectivity index (χ4v) is 2.37. The van der Waals surface area contributed by atoms with Crippen LogP contribution in [0.1, 0.15) is 36.8 Å². The fraction of sp³-hybridized carbons (Fsp3) is 0.500. The minimum Gasteiger partial charge on any atom is -0.391 e. The molecule has 1 aliphatic rings. The third-order valence-electron chi connectivity index (χ3n) is 3.43. The van der Waals surface area contributed by atoms with Crippen LogP contribution in [0.25, 0.3) is 0 Å². The van der Waals surface area contributed by atoms with E-state index in [1.807, 2.05) is 25.1 Å². The maximum atomic E-state index is 9.89. The van der Waals surface area contributed by atoms with Gasteiger partial charge in [-0.1, -0.05) is 12.8 Å². The summed E-state index contributed by atoms with van der Waals surface area (Å²) in [6.07, 6.45) is 3.93. The fourth-order valence-electron chi connectivity index (χ4n) is 2.37. The van der Waals surface area contributed by atoms with Crippen molar-refractivity contribution in [1.29, 1.82) is 5.26 Å². The molecular weight excluding hydrogens is 212 g/mol. The molecule has 2 unspecified atom stereocenters. The van der Waals surface area contributed by atoms with Gasteiger partial charge in [-0.3, -0.25) is 0 Å². The molecule has 1 aromatic carbocycles. The van der Waals surface area contributed by atoms with Crippen LogP contribution in [-0.4, -0.2) is 17.3 Å². The van der Waals surface area contributed by atoms with Crippen molar-refractivity contribution in [3.05, 3.63) is 29.3 Å². The minimum atomic E-state index is -0.250. The summed E-state index contributed by atoms with van der Waals surface area (Å²) >= 11 is 0. The van der Waals surface area contributed by atoms with E-state index in [0.717, 1.165) is 30.5 Å². The molecule has 0 aliphatic heterocycles. The largest absolute Gasteiger partial charge is 0.391 e. The third-order valence-corrected chi connectivity index (χ3v) is 3.43. The highest BCUT2D eigenvalue weighted by molar-refractivity contribution is 5.52. The second kappa shape index (κ2) is 5.20. The molecule has 0 aromatic heterocycles. The molecule has 0 radical (unpaired) electrons. The van der Waals surface area contributed by atoms with E-state index in [1.54, 1.807) is 0 Å². The van der Waals surface area contributed by atoms with Gasteiger partial charge < -0.3 is 10.4 Å². The second-order valence-corrected chi connectivity index (χ2v) is 4.74. The normalized spacial score (nSPS) is 24.1. The lowest BCUT2D eigenvalue weighted by atomic mass is 9.92. The Morgan fingerprint density at radius 1 is 1.35 bits per heavy atom. The number of aliphatic hydroxyl groups is 1. The molecule has 0 saturated heterocycles. The van der Waals surface area contributed by atoms with Gasteiger partial charge in [0.2, 0.25) is 0 Å². The number of hydrogen-bond donors (Lipinski definition) is 2.